The first-order valence-corrected chi connectivity index (χ1v) is 7.37. The SMILES string of the molecule is CC=C(C)C(=O)O[SH](CCS)CCS. The van der Waals surface area contributed by atoms with Gasteiger partial charge in [-0.3, -0.25) is 0 Å². The Morgan fingerprint density at radius 1 is 1.36 bits per heavy atom. The van der Waals surface area contributed by atoms with Crippen molar-refractivity contribution in [3.8, 4) is 0 Å². The van der Waals surface area contributed by atoms with Gasteiger partial charge in [0.1, 0.15) is 0 Å². The number of hydrogen-bond acceptors (Lipinski definition) is 4. The van der Waals surface area contributed by atoms with Crippen LogP contribution >= 0.6 is 36.4 Å². The average Bonchev–Trinajstić information content (AvgIpc) is 2.17. The summed E-state index contributed by atoms with van der Waals surface area (Å²) in [6.45, 7) is 3.59. The lowest BCUT2D eigenvalue weighted by molar-refractivity contribution is -0.129. The van der Waals surface area contributed by atoms with Crippen LogP contribution < -0.4 is 0 Å². The van der Waals surface area contributed by atoms with Crippen molar-refractivity contribution in [1.82, 2.24) is 0 Å². The molecule has 0 aliphatic heterocycles. The molecular weight excluding hydrogens is 236 g/mol. The second-order valence-electron chi connectivity index (χ2n) is 2.73. The molecule has 0 heterocycles. The van der Waals surface area contributed by atoms with Crippen molar-refractivity contribution in [3.05, 3.63) is 11.6 Å². The minimum absolute atomic E-state index is 0.206. The molecule has 0 saturated heterocycles. The molecule has 84 valence electrons. The standard InChI is InChI=1S/C9H18O2S3/c1-3-8(2)9(10)11-14(6-4-12)7-5-13/h3,12-14H,4-7H2,1-2H3. The molecule has 0 amide bonds. The minimum atomic E-state index is -0.682. The number of carbonyl (C=O) groups is 1. The van der Waals surface area contributed by atoms with Gasteiger partial charge in [0, 0.05) is 28.6 Å². The van der Waals surface area contributed by atoms with E-state index in [0.29, 0.717) is 5.57 Å². The monoisotopic (exact) mass is 254 g/mol. The number of thiol groups is 3. The summed E-state index contributed by atoms with van der Waals surface area (Å²) < 4.78 is 5.34. The zero-order chi connectivity index (χ0) is 11.0. The first-order chi connectivity index (χ1) is 6.65. The largest absolute Gasteiger partial charge is 0.415 e. The highest BCUT2D eigenvalue weighted by Gasteiger charge is 2.10. The Balaban J connectivity index is 4.08. The van der Waals surface area contributed by atoms with E-state index in [0.717, 1.165) is 23.0 Å². The van der Waals surface area contributed by atoms with Gasteiger partial charge in [-0.2, -0.15) is 25.3 Å². The minimum Gasteiger partial charge on any atom is -0.415 e. The van der Waals surface area contributed by atoms with Crippen LogP contribution in [-0.2, 0) is 8.98 Å². The van der Waals surface area contributed by atoms with Gasteiger partial charge in [0.15, 0.2) is 0 Å². The van der Waals surface area contributed by atoms with Crippen molar-refractivity contribution >= 4 is 42.4 Å². The molecule has 5 heteroatoms. The average molecular weight is 254 g/mol. The Morgan fingerprint density at radius 2 is 1.86 bits per heavy atom. The topological polar surface area (TPSA) is 26.3 Å². The van der Waals surface area contributed by atoms with Gasteiger partial charge >= 0.3 is 5.97 Å². The van der Waals surface area contributed by atoms with Gasteiger partial charge in [-0.15, -0.1) is 0 Å². The summed E-state index contributed by atoms with van der Waals surface area (Å²) in [5.41, 5.74) is 0.663. The first-order valence-electron chi connectivity index (χ1n) is 4.47. The van der Waals surface area contributed by atoms with Crippen molar-refractivity contribution in [2.75, 3.05) is 23.0 Å². The van der Waals surface area contributed by atoms with Crippen LogP contribution in [0.2, 0.25) is 0 Å². The summed E-state index contributed by atoms with van der Waals surface area (Å²) in [5.74, 6) is 2.99. The Kier molecular flexibility index (Phi) is 8.72. The van der Waals surface area contributed by atoms with Crippen molar-refractivity contribution in [3.63, 3.8) is 0 Å². The molecular formula is C9H18O2S3. The van der Waals surface area contributed by atoms with Gasteiger partial charge in [0.05, 0.1) is 0 Å². The number of allylic oxidation sites excluding steroid dienone is 1. The highest BCUT2D eigenvalue weighted by molar-refractivity contribution is 8.13. The predicted molar refractivity (Wildman–Crippen MR) is 71.9 cm³/mol. The normalized spacial score (nSPS) is 12.6. The van der Waals surface area contributed by atoms with Crippen molar-refractivity contribution in [2.24, 2.45) is 0 Å². The van der Waals surface area contributed by atoms with E-state index in [-0.39, 0.29) is 5.97 Å². The Labute approximate surface area is 99.9 Å². The molecule has 0 aromatic carbocycles. The Bertz CT molecular complexity index is 198. The molecule has 0 rings (SSSR count). The molecule has 0 spiro atoms. The predicted octanol–water partition coefficient (Wildman–Crippen LogP) is 2.27. The van der Waals surface area contributed by atoms with Gasteiger partial charge in [-0.1, -0.05) is 17.3 Å². The fourth-order valence-electron chi connectivity index (χ4n) is 0.733. The molecule has 0 aromatic rings. The number of hydrogen-bond donors (Lipinski definition) is 3. The molecule has 0 aliphatic carbocycles. The second kappa shape index (κ2) is 8.56. The fraction of sp³-hybridized carbons (Fsp3) is 0.667. The number of rotatable bonds is 6. The van der Waals surface area contributed by atoms with Crippen LogP contribution in [-0.4, -0.2) is 29.0 Å². The zero-order valence-electron chi connectivity index (χ0n) is 8.56. The van der Waals surface area contributed by atoms with Gasteiger partial charge in [0.25, 0.3) is 0 Å². The smallest absolute Gasteiger partial charge is 0.343 e. The quantitative estimate of drug-likeness (QED) is 0.501. The van der Waals surface area contributed by atoms with E-state index >= 15 is 0 Å². The van der Waals surface area contributed by atoms with Crippen molar-refractivity contribution in [2.45, 2.75) is 13.8 Å². The van der Waals surface area contributed by atoms with Crippen LogP contribution in [0.3, 0.4) is 0 Å². The molecule has 0 N–H and O–H groups in total. The highest BCUT2D eigenvalue weighted by atomic mass is 32.2. The summed E-state index contributed by atoms with van der Waals surface area (Å²) in [6.07, 6.45) is 1.76. The molecule has 0 saturated carbocycles. The van der Waals surface area contributed by atoms with E-state index in [4.69, 9.17) is 4.18 Å². The van der Waals surface area contributed by atoms with Crippen molar-refractivity contribution < 1.29 is 8.98 Å². The van der Waals surface area contributed by atoms with Crippen LogP contribution in [0.1, 0.15) is 13.8 Å². The highest BCUT2D eigenvalue weighted by Crippen LogP contribution is 2.27. The van der Waals surface area contributed by atoms with Gasteiger partial charge in [-0.05, 0) is 13.8 Å². The molecule has 2 nitrogen and oxygen atoms in total. The summed E-state index contributed by atoms with van der Waals surface area (Å²) in [5, 5.41) is 0. The zero-order valence-corrected chi connectivity index (χ0v) is 11.2. The lowest BCUT2D eigenvalue weighted by Crippen LogP contribution is -2.09. The van der Waals surface area contributed by atoms with Gasteiger partial charge in [0.2, 0.25) is 0 Å². The third kappa shape index (κ3) is 5.88. The Morgan fingerprint density at radius 3 is 2.21 bits per heavy atom. The summed E-state index contributed by atoms with van der Waals surface area (Å²) in [6, 6.07) is 0. The van der Waals surface area contributed by atoms with Crippen LogP contribution in [0.5, 0.6) is 0 Å². The van der Waals surface area contributed by atoms with Crippen LogP contribution in [0.25, 0.3) is 0 Å². The summed E-state index contributed by atoms with van der Waals surface area (Å²) >= 11 is 7.59. The molecule has 0 atom stereocenters. The second-order valence-corrected chi connectivity index (χ2v) is 5.66. The van der Waals surface area contributed by atoms with E-state index in [1.54, 1.807) is 13.0 Å². The Hall–Kier alpha value is 0.260. The maximum absolute atomic E-state index is 11.4. The van der Waals surface area contributed by atoms with Crippen molar-refractivity contribution in [1.29, 1.82) is 0 Å². The van der Waals surface area contributed by atoms with Crippen LogP contribution in [0.4, 0.5) is 0 Å². The van der Waals surface area contributed by atoms with Crippen LogP contribution in [0, 0.1) is 0 Å². The molecule has 0 aromatic heterocycles. The lowest BCUT2D eigenvalue weighted by Gasteiger charge is -2.19. The molecule has 0 bridgehead atoms. The van der Waals surface area contributed by atoms with E-state index in [1.165, 1.54) is 0 Å². The summed E-state index contributed by atoms with van der Waals surface area (Å²) in [4.78, 5) is 11.4. The van der Waals surface area contributed by atoms with Gasteiger partial charge in [-0.25, -0.2) is 4.79 Å². The van der Waals surface area contributed by atoms with E-state index in [2.05, 4.69) is 25.3 Å². The lowest BCUT2D eigenvalue weighted by atomic mass is 10.3. The van der Waals surface area contributed by atoms with E-state index in [1.807, 2.05) is 6.92 Å². The molecule has 0 radical (unpaired) electrons. The molecule has 0 unspecified atom stereocenters. The maximum atomic E-state index is 11.4. The first kappa shape index (κ1) is 14.3. The molecule has 0 aliphatic rings. The van der Waals surface area contributed by atoms with E-state index < -0.39 is 11.2 Å². The fourth-order valence-corrected chi connectivity index (χ4v) is 3.30. The molecule has 0 fully saturated rings. The third-order valence-electron chi connectivity index (χ3n) is 1.67. The van der Waals surface area contributed by atoms with Gasteiger partial charge < -0.3 is 4.18 Å². The van der Waals surface area contributed by atoms with E-state index in [9.17, 15) is 4.79 Å². The summed E-state index contributed by atoms with van der Waals surface area (Å²) in [7, 11) is 0. The molecule has 14 heavy (non-hydrogen) atoms. The maximum Gasteiger partial charge on any atom is 0.343 e. The third-order valence-corrected chi connectivity index (χ3v) is 4.69. The number of carbonyl (C=O) groups excluding carboxylic acids is 1. The van der Waals surface area contributed by atoms with Crippen LogP contribution in [0.15, 0.2) is 11.6 Å².